The molecule has 0 fully saturated rings. The van der Waals surface area contributed by atoms with Gasteiger partial charge in [0, 0.05) is 6.54 Å². The SMILES string of the molecule is CCn1cnnc1SCC(=O)Nc1c(Cl)cc(S(N)(=O)=O)cc1Cl. The van der Waals surface area contributed by atoms with Crippen molar-refractivity contribution in [2.24, 2.45) is 5.14 Å². The van der Waals surface area contributed by atoms with Gasteiger partial charge in [-0.15, -0.1) is 10.2 Å². The highest BCUT2D eigenvalue weighted by Crippen LogP contribution is 2.33. The topological polar surface area (TPSA) is 120 Å². The minimum Gasteiger partial charge on any atom is -0.323 e. The van der Waals surface area contributed by atoms with Crippen LogP contribution in [0.4, 0.5) is 5.69 Å². The van der Waals surface area contributed by atoms with Crippen molar-refractivity contribution in [1.82, 2.24) is 14.8 Å². The number of nitrogens with one attached hydrogen (secondary N) is 1. The number of aryl methyl sites for hydroxylation is 1. The summed E-state index contributed by atoms with van der Waals surface area (Å²) < 4.78 is 24.4. The smallest absolute Gasteiger partial charge is 0.238 e. The normalized spacial score (nSPS) is 11.5. The molecule has 0 aliphatic carbocycles. The Kier molecular flexibility index (Phi) is 6.10. The number of benzene rings is 1. The summed E-state index contributed by atoms with van der Waals surface area (Å²) >= 11 is 13.2. The molecule has 1 aromatic carbocycles. The van der Waals surface area contributed by atoms with Gasteiger partial charge in [-0.05, 0) is 19.1 Å². The van der Waals surface area contributed by atoms with Crippen molar-refractivity contribution >= 4 is 56.6 Å². The maximum atomic E-state index is 12.0. The molecule has 1 heterocycles. The minimum absolute atomic E-state index is 0.0263. The summed E-state index contributed by atoms with van der Waals surface area (Å²) in [5, 5.41) is 15.8. The number of primary sulfonamides is 1. The number of sulfonamides is 1. The van der Waals surface area contributed by atoms with E-state index in [4.69, 9.17) is 28.3 Å². The lowest BCUT2D eigenvalue weighted by Crippen LogP contribution is -2.16. The highest BCUT2D eigenvalue weighted by Gasteiger charge is 2.17. The molecule has 3 N–H and O–H groups in total. The van der Waals surface area contributed by atoms with E-state index in [0.29, 0.717) is 11.7 Å². The molecule has 0 saturated carbocycles. The van der Waals surface area contributed by atoms with Gasteiger partial charge in [-0.3, -0.25) is 4.79 Å². The third-order valence-electron chi connectivity index (χ3n) is 2.86. The van der Waals surface area contributed by atoms with E-state index in [9.17, 15) is 13.2 Å². The molecule has 8 nitrogen and oxygen atoms in total. The number of amides is 1. The number of nitrogens with two attached hydrogens (primary N) is 1. The van der Waals surface area contributed by atoms with Gasteiger partial charge in [0.1, 0.15) is 6.33 Å². The van der Waals surface area contributed by atoms with Gasteiger partial charge in [0.25, 0.3) is 0 Å². The first kappa shape index (κ1) is 19.0. The fraction of sp³-hybridized carbons (Fsp3) is 0.250. The second-order valence-corrected chi connectivity index (χ2v) is 7.86. The number of aromatic nitrogens is 3. The lowest BCUT2D eigenvalue weighted by atomic mass is 10.3. The predicted octanol–water partition coefficient (Wildman–Crippen LogP) is 1.98. The zero-order valence-corrected chi connectivity index (χ0v) is 15.5. The van der Waals surface area contributed by atoms with Gasteiger partial charge < -0.3 is 9.88 Å². The quantitative estimate of drug-likeness (QED) is 0.703. The van der Waals surface area contributed by atoms with E-state index in [1.54, 1.807) is 10.9 Å². The number of hydrogen-bond acceptors (Lipinski definition) is 6. The lowest BCUT2D eigenvalue weighted by molar-refractivity contribution is -0.113. The van der Waals surface area contributed by atoms with Crippen molar-refractivity contribution in [2.45, 2.75) is 23.5 Å². The van der Waals surface area contributed by atoms with Crippen LogP contribution in [0.5, 0.6) is 0 Å². The van der Waals surface area contributed by atoms with Crippen molar-refractivity contribution in [3.8, 4) is 0 Å². The van der Waals surface area contributed by atoms with Crippen LogP contribution in [0, 0.1) is 0 Å². The zero-order chi connectivity index (χ0) is 17.9. The molecule has 1 aromatic heterocycles. The summed E-state index contributed by atoms with van der Waals surface area (Å²) in [6, 6.07) is 2.25. The fourth-order valence-corrected chi connectivity index (χ4v) is 3.77. The van der Waals surface area contributed by atoms with Crippen LogP contribution >= 0.6 is 35.0 Å². The van der Waals surface area contributed by atoms with Gasteiger partial charge >= 0.3 is 0 Å². The number of carbonyl (C=O) groups is 1. The Morgan fingerprint density at radius 2 is 2.00 bits per heavy atom. The molecule has 0 radical (unpaired) electrons. The Morgan fingerprint density at radius 1 is 1.38 bits per heavy atom. The van der Waals surface area contributed by atoms with Crippen LogP contribution in [0.3, 0.4) is 0 Å². The van der Waals surface area contributed by atoms with Crippen molar-refractivity contribution in [3.63, 3.8) is 0 Å². The highest BCUT2D eigenvalue weighted by molar-refractivity contribution is 7.99. The largest absolute Gasteiger partial charge is 0.323 e. The van der Waals surface area contributed by atoms with E-state index in [0.717, 1.165) is 12.1 Å². The second-order valence-electron chi connectivity index (χ2n) is 4.54. The Balaban J connectivity index is 2.09. The van der Waals surface area contributed by atoms with Crippen LogP contribution in [-0.2, 0) is 21.4 Å². The lowest BCUT2D eigenvalue weighted by Gasteiger charge is -2.11. The van der Waals surface area contributed by atoms with Gasteiger partial charge in [0.2, 0.25) is 15.9 Å². The fourth-order valence-electron chi connectivity index (χ4n) is 1.71. The molecule has 2 aromatic rings. The molecule has 0 atom stereocenters. The summed E-state index contributed by atoms with van der Waals surface area (Å²) in [6.07, 6.45) is 1.57. The van der Waals surface area contributed by atoms with Crippen LogP contribution in [0.1, 0.15) is 6.92 Å². The van der Waals surface area contributed by atoms with Crippen LogP contribution in [-0.4, -0.2) is 34.8 Å². The molecule has 2 rings (SSSR count). The average Bonchev–Trinajstić information content (AvgIpc) is 2.95. The number of anilines is 1. The molecule has 0 bridgehead atoms. The summed E-state index contributed by atoms with van der Waals surface area (Å²) in [4.78, 5) is 11.8. The maximum absolute atomic E-state index is 12.0. The molecule has 12 heteroatoms. The van der Waals surface area contributed by atoms with E-state index in [-0.39, 0.29) is 32.3 Å². The van der Waals surface area contributed by atoms with E-state index in [1.165, 1.54) is 11.8 Å². The molecule has 0 aliphatic rings. The van der Waals surface area contributed by atoms with E-state index in [2.05, 4.69) is 15.5 Å². The molecular formula is C12H13Cl2N5O3S2. The van der Waals surface area contributed by atoms with Gasteiger partial charge in [-0.2, -0.15) is 0 Å². The van der Waals surface area contributed by atoms with Gasteiger partial charge in [-0.25, -0.2) is 13.6 Å². The standard InChI is InChI=1S/C12H13Cl2N5O3S2/c1-2-19-6-16-18-12(19)23-5-10(20)17-11-8(13)3-7(4-9(11)14)24(15,21)22/h3-4,6H,2,5H2,1H3,(H,17,20)(H2,15,21,22). The molecule has 0 aliphatic heterocycles. The third kappa shape index (κ3) is 4.61. The summed E-state index contributed by atoms with van der Waals surface area (Å²) in [7, 11) is -3.94. The molecule has 0 saturated heterocycles. The van der Waals surface area contributed by atoms with Crippen molar-refractivity contribution in [3.05, 3.63) is 28.5 Å². The second kappa shape index (κ2) is 7.70. The molecular weight excluding hydrogens is 397 g/mol. The number of carbonyl (C=O) groups excluding carboxylic acids is 1. The third-order valence-corrected chi connectivity index (χ3v) is 5.33. The number of hydrogen-bond donors (Lipinski definition) is 2. The molecule has 1 amide bonds. The Morgan fingerprint density at radius 3 is 2.54 bits per heavy atom. The van der Waals surface area contributed by atoms with Crippen LogP contribution < -0.4 is 10.5 Å². The first-order valence-corrected chi connectivity index (χ1v) is 9.83. The summed E-state index contributed by atoms with van der Waals surface area (Å²) in [5.41, 5.74) is 0.119. The van der Waals surface area contributed by atoms with Crippen molar-refractivity contribution < 1.29 is 13.2 Å². The molecule has 0 spiro atoms. The van der Waals surface area contributed by atoms with Gasteiger partial charge in [0.15, 0.2) is 5.16 Å². The van der Waals surface area contributed by atoms with Gasteiger partial charge in [0.05, 0.1) is 26.4 Å². The van der Waals surface area contributed by atoms with Gasteiger partial charge in [-0.1, -0.05) is 35.0 Å². The average molecular weight is 410 g/mol. The van der Waals surface area contributed by atoms with E-state index in [1.807, 2.05) is 6.92 Å². The predicted molar refractivity (Wildman–Crippen MR) is 92.9 cm³/mol. The zero-order valence-electron chi connectivity index (χ0n) is 12.4. The summed E-state index contributed by atoms with van der Waals surface area (Å²) in [5.74, 6) is -0.319. The van der Waals surface area contributed by atoms with Crippen LogP contribution in [0.25, 0.3) is 0 Å². The maximum Gasteiger partial charge on any atom is 0.238 e. The monoisotopic (exact) mass is 409 g/mol. The number of halogens is 2. The van der Waals surface area contributed by atoms with E-state index >= 15 is 0 Å². The molecule has 130 valence electrons. The van der Waals surface area contributed by atoms with Crippen molar-refractivity contribution in [1.29, 1.82) is 0 Å². The molecule has 0 unspecified atom stereocenters. The Hall–Kier alpha value is -1.33. The highest BCUT2D eigenvalue weighted by atomic mass is 35.5. The Bertz CT molecular complexity index is 846. The summed E-state index contributed by atoms with van der Waals surface area (Å²) in [6.45, 7) is 2.61. The minimum atomic E-state index is -3.94. The first-order valence-electron chi connectivity index (χ1n) is 6.54. The van der Waals surface area contributed by atoms with E-state index < -0.39 is 10.0 Å². The Labute approximate surface area is 152 Å². The first-order chi connectivity index (χ1) is 11.2. The number of thioether (sulfide) groups is 1. The number of nitrogens with zero attached hydrogens (tertiary/aromatic N) is 3. The van der Waals surface area contributed by atoms with Crippen LogP contribution in [0.15, 0.2) is 28.5 Å². The molecule has 24 heavy (non-hydrogen) atoms. The number of rotatable bonds is 6. The van der Waals surface area contributed by atoms with Crippen LogP contribution in [0.2, 0.25) is 10.0 Å². The van der Waals surface area contributed by atoms with Crippen molar-refractivity contribution in [2.75, 3.05) is 11.1 Å².